The number of carbonyl (C=O) groups is 1. The van der Waals surface area contributed by atoms with E-state index in [-0.39, 0.29) is 13.2 Å². The summed E-state index contributed by atoms with van der Waals surface area (Å²) in [5.41, 5.74) is 10.9. The molecule has 0 saturated carbocycles. The van der Waals surface area contributed by atoms with Crippen LogP contribution in [0.2, 0.25) is 0 Å². The molecule has 1 heterocycles. The van der Waals surface area contributed by atoms with Crippen LogP contribution in [-0.2, 0) is 15.1 Å². The molecule has 7 heteroatoms. The van der Waals surface area contributed by atoms with Crippen molar-refractivity contribution in [2.75, 3.05) is 19.7 Å². The molecule has 1 fully saturated rings. The highest BCUT2D eigenvalue weighted by Gasteiger charge is 2.44. The van der Waals surface area contributed by atoms with E-state index in [9.17, 15) is 4.79 Å². The molecule has 194 valence electrons. The van der Waals surface area contributed by atoms with Crippen LogP contribution in [0.15, 0.2) is 96.1 Å². The predicted octanol–water partition coefficient (Wildman–Crippen LogP) is 6.69. The molecule has 0 aromatic heterocycles. The van der Waals surface area contributed by atoms with Gasteiger partial charge in [0.05, 0.1) is 19.2 Å². The van der Waals surface area contributed by atoms with Crippen molar-refractivity contribution in [3.05, 3.63) is 118 Å². The number of cyclic esters (lactones) is 1. The Bertz CT molecular complexity index is 1160. The minimum Gasteiger partial charge on any atom is -0.441 e. The van der Waals surface area contributed by atoms with E-state index >= 15 is 0 Å². The van der Waals surface area contributed by atoms with Gasteiger partial charge in [0.2, 0.25) is 0 Å². The maximum atomic E-state index is 12.9. The average Bonchev–Trinajstić information content (AvgIpc) is 3.27. The third-order valence-electron chi connectivity index (χ3n) is 6.87. The van der Waals surface area contributed by atoms with Crippen molar-refractivity contribution in [2.45, 2.75) is 43.4 Å². The second-order valence-electron chi connectivity index (χ2n) is 9.20. The van der Waals surface area contributed by atoms with Crippen molar-refractivity contribution < 1.29 is 14.3 Å². The number of hydrogen-bond acceptors (Lipinski definition) is 4. The van der Waals surface area contributed by atoms with Crippen molar-refractivity contribution in [3.8, 4) is 12.3 Å². The van der Waals surface area contributed by atoms with E-state index in [2.05, 4.69) is 15.9 Å². The number of terminal acetylenes is 1. The van der Waals surface area contributed by atoms with Gasteiger partial charge in [-0.1, -0.05) is 103 Å². The van der Waals surface area contributed by atoms with E-state index in [0.29, 0.717) is 13.0 Å². The number of amides is 1. The zero-order valence-electron chi connectivity index (χ0n) is 21.4. The topological polar surface area (TPSA) is 87.5 Å². The van der Waals surface area contributed by atoms with Crippen LogP contribution in [0, 0.1) is 12.3 Å². The molecule has 4 rings (SSSR count). The smallest absolute Gasteiger partial charge is 0.410 e. The van der Waals surface area contributed by atoms with E-state index in [4.69, 9.17) is 21.4 Å². The van der Waals surface area contributed by atoms with Crippen LogP contribution < -0.4 is 0 Å². The fourth-order valence-corrected chi connectivity index (χ4v) is 5.01. The Kier molecular flexibility index (Phi) is 9.42. The van der Waals surface area contributed by atoms with Gasteiger partial charge in [-0.3, -0.25) is 0 Å². The van der Waals surface area contributed by atoms with Gasteiger partial charge in [-0.05, 0) is 35.1 Å². The summed E-state index contributed by atoms with van der Waals surface area (Å²) < 4.78 is 12.7. The molecule has 0 spiro atoms. The van der Waals surface area contributed by atoms with Crippen LogP contribution in [0.5, 0.6) is 0 Å². The first-order valence-corrected chi connectivity index (χ1v) is 12.9. The van der Waals surface area contributed by atoms with E-state index in [1.54, 1.807) is 4.90 Å². The molecule has 1 aliphatic heterocycles. The molecule has 2 atom stereocenters. The number of nitrogens with zero attached hydrogens (tertiary/aromatic N) is 4. The normalized spacial score (nSPS) is 16.9. The molecule has 0 unspecified atom stereocenters. The van der Waals surface area contributed by atoms with Crippen LogP contribution >= 0.6 is 0 Å². The van der Waals surface area contributed by atoms with Crippen LogP contribution in [0.4, 0.5) is 4.79 Å². The Hall–Kier alpha value is -4.24. The number of azide groups is 1. The van der Waals surface area contributed by atoms with E-state index in [0.717, 1.165) is 36.0 Å². The first-order chi connectivity index (χ1) is 18.7. The molecule has 1 saturated heterocycles. The van der Waals surface area contributed by atoms with Gasteiger partial charge < -0.3 is 14.4 Å². The maximum Gasteiger partial charge on any atom is 0.410 e. The highest BCUT2D eigenvalue weighted by Crippen LogP contribution is 2.41. The zero-order chi connectivity index (χ0) is 26.6. The molecule has 3 aromatic rings. The van der Waals surface area contributed by atoms with Gasteiger partial charge in [0.25, 0.3) is 0 Å². The van der Waals surface area contributed by atoms with Crippen LogP contribution in [0.25, 0.3) is 10.4 Å². The van der Waals surface area contributed by atoms with Crippen LogP contribution in [-0.4, -0.2) is 42.8 Å². The second-order valence-corrected chi connectivity index (χ2v) is 9.20. The number of carbonyl (C=O) groups excluding carboxylic acids is 1. The fraction of sp³-hybridized carbons (Fsp3) is 0.323. The van der Waals surface area contributed by atoms with Crippen molar-refractivity contribution in [1.29, 1.82) is 0 Å². The maximum absolute atomic E-state index is 12.9. The van der Waals surface area contributed by atoms with Crippen molar-refractivity contribution in [3.63, 3.8) is 0 Å². The molecule has 7 nitrogen and oxygen atoms in total. The highest BCUT2D eigenvalue weighted by atomic mass is 16.6. The average molecular weight is 509 g/mol. The summed E-state index contributed by atoms with van der Waals surface area (Å²) in [5, 5.41) is 3.79. The van der Waals surface area contributed by atoms with Gasteiger partial charge in [0.15, 0.2) is 0 Å². The molecular weight excluding hydrogens is 476 g/mol. The SMILES string of the molecule is C#CCCCCCN1C(=O)O[C@H](COC(c2ccccc2)(c2ccccc2)c2ccccc2)[C@H]1CN=[N+]=[N-]. The van der Waals surface area contributed by atoms with Gasteiger partial charge >= 0.3 is 6.09 Å². The molecular formula is C31H32N4O3. The van der Waals surface area contributed by atoms with Crippen molar-refractivity contribution >= 4 is 6.09 Å². The molecule has 3 aromatic carbocycles. The molecule has 1 amide bonds. The van der Waals surface area contributed by atoms with Crippen molar-refractivity contribution in [1.82, 2.24) is 4.90 Å². The summed E-state index contributed by atoms with van der Waals surface area (Å²) in [6, 6.07) is 29.7. The van der Waals surface area contributed by atoms with E-state index < -0.39 is 23.8 Å². The fourth-order valence-electron chi connectivity index (χ4n) is 5.01. The first-order valence-electron chi connectivity index (χ1n) is 12.9. The van der Waals surface area contributed by atoms with Crippen LogP contribution in [0.1, 0.15) is 42.4 Å². The van der Waals surface area contributed by atoms with Gasteiger partial charge in [0.1, 0.15) is 11.7 Å². The highest BCUT2D eigenvalue weighted by molar-refractivity contribution is 5.70. The minimum absolute atomic E-state index is 0.107. The minimum atomic E-state index is -0.943. The summed E-state index contributed by atoms with van der Waals surface area (Å²) in [6.07, 6.45) is 7.64. The lowest BCUT2D eigenvalue weighted by molar-refractivity contribution is -0.0369. The van der Waals surface area contributed by atoms with E-state index in [1.165, 1.54) is 0 Å². The number of unbranched alkanes of at least 4 members (excludes halogenated alkanes) is 3. The summed E-state index contributed by atoms with van der Waals surface area (Å²) in [4.78, 5) is 17.5. The monoisotopic (exact) mass is 508 g/mol. The quantitative estimate of drug-likeness (QED) is 0.0644. The Balaban J connectivity index is 1.65. The standard InChI is InChI=1S/C31H32N4O3/c1-2-3-4-5-15-22-35-28(23-33-34-32)29(38-30(35)36)24-37-31(25-16-9-6-10-17-25,26-18-11-7-12-19-26)27-20-13-8-14-21-27/h1,6-14,16-21,28-29H,3-5,15,22-24H2/t28-,29-/m1/s1. The van der Waals surface area contributed by atoms with Gasteiger partial charge in [-0.2, -0.15) is 0 Å². The summed E-state index contributed by atoms with van der Waals surface area (Å²) in [7, 11) is 0. The molecule has 1 aliphatic rings. The molecule has 0 aliphatic carbocycles. The Morgan fingerprint density at radius 3 is 1.97 bits per heavy atom. The first kappa shape index (κ1) is 26.8. The predicted molar refractivity (Wildman–Crippen MR) is 147 cm³/mol. The van der Waals surface area contributed by atoms with Gasteiger partial charge in [-0.25, -0.2) is 4.79 Å². The number of hydrogen-bond donors (Lipinski definition) is 0. The Morgan fingerprint density at radius 2 is 1.47 bits per heavy atom. The lowest BCUT2D eigenvalue weighted by Gasteiger charge is -2.37. The van der Waals surface area contributed by atoms with Gasteiger partial charge in [0, 0.05) is 17.9 Å². The molecule has 0 N–H and O–H groups in total. The second kappa shape index (κ2) is 13.3. The van der Waals surface area contributed by atoms with Gasteiger partial charge in [-0.15, -0.1) is 12.3 Å². The van der Waals surface area contributed by atoms with Crippen molar-refractivity contribution in [2.24, 2.45) is 5.11 Å². The van der Waals surface area contributed by atoms with Crippen LogP contribution in [0.3, 0.4) is 0 Å². The number of rotatable bonds is 13. The summed E-state index contributed by atoms with van der Waals surface area (Å²) in [6.45, 7) is 0.728. The Morgan fingerprint density at radius 1 is 0.921 bits per heavy atom. The molecule has 0 bridgehead atoms. The van der Waals surface area contributed by atoms with E-state index in [1.807, 2.05) is 91.0 Å². The lowest BCUT2D eigenvalue weighted by atomic mass is 9.80. The summed E-state index contributed by atoms with van der Waals surface area (Å²) >= 11 is 0. The summed E-state index contributed by atoms with van der Waals surface area (Å²) in [5.74, 6) is 2.64. The third-order valence-corrected chi connectivity index (χ3v) is 6.87. The molecule has 0 radical (unpaired) electrons. The number of benzene rings is 3. The molecule has 38 heavy (non-hydrogen) atoms. The largest absolute Gasteiger partial charge is 0.441 e. The zero-order valence-corrected chi connectivity index (χ0v) is 21.4. The lowest BCUT2D eigenvalue weighted by Crippen LogP contribution is -2.43. The Labute approximate surface area is 224 Å². The number of ether oxygens (including phenoxy) is 2. The third kappa shape index (κ3) is 6.00.